The molecule has 17 heavy (non-hydrogen) atoms. The number of carbonyl (C=O) groups is 1. The Kier molecular flexibility index (Phi) is 5.25. The highest BCUT2D eigenvalue weighted by molar-refractivity contribution is 6.32. The standard InChI is InChI=1S/C12H16ClNO3/c1-2-10(12(15)16)17-11-8(6-7-14)4-3-5-9(11)13/h3-5,10H,2,6-7,14H2,1H3,(H,15,16). The molecule has 0 aliphatic carbocycles. The van der Waals surface area contributed by atoms with Crippen molar-refractivity contribution >= 4 is 17.6 Å². The third kappa shape index (κ3) is 3.61. The summed E-state index contributed by atoms with van der Waals surface area (Å²) in [6.07, 6.45) is 0.0978. The smallest absolute Gasteiger partial charge is 0.344 e. The van der Waals surface area contributed by atoms with Crippen LogP contribution in [-0.4, -0.2) is 23.7 Å². The summed E-state index contributed by atoms with van der Waals surface area (Å²) in [4.78, 5) is 10.9. The Bertz CT molecular complexity index is 395. The molecular weight excluding hydrogens is 242 g/mol. The van der Waals surface area contributed by atoms with Crippen LogP contribution in [0.1, 0.15) is 18.9 Å². The molecule has 4 nitrogen and oxygen atoms in total. The Hall–Kier alpha value is -1.26. The van der Waals surface area contributed by atoms with Crippen molar-refractivity contribution in [1.29, 1.82) is 0 Å². The van der Waals surface area contributed by atoms with E-state index < -0.39 is 12.1 Å². The average Bonchev–Trinajstić information content (AvgIpc) is 2.28. The van der Waals surface area contributed by atoms with Gasteiger partial charge in [-0.25, -0.2) is 4.79 Å². The number of aliphatic carboxylic acids is 1. The van der Waals surface area contributed by atoms with Crippen molar-refractivity contribution in [1.82, 2.24) is 0 Å². The van der Waals surface area contributed by atoms with E-state index in [2.05, 4.69) is 0 Å². The van der Waals surface area contributed by atoms with Gasteiger partial charge in [0.25, 0.3) is 0 Å². The van der Waals surface area contributed by atoms with Crippen LogP contribution in [0.2, 0.25) is 5.02 Å². The van der Waals surface area contributed by atoms with Gasteiger partial charge in [-0.2, -0.15) is 0 Å². The van der Waals surface area contributed by atoms with E-state index >= 15 is 0 Å². The fraction of sp³-hybridized carbons (Fsp3) is 0.417. The molecule has 0 radical (unpaired) electrons. The highest BCUT2D eigenvalue weighted by Gasteiger charge is 2.19. The number of carboxylic acid groups (broad SMARTS) is 1. The molecule has 0 amide bonds. The molecule has 94 valence electrons. The molecule has 0 bridgehead atoms. The first-order chi connectivity index (χ1) is 8.10. The largest absolute Gasteiger partial charge is 0.479 e. The molecular formula is C12H16ClNO3. The van der Waals surface area contributed by atoms with Gasteiger partial charge in [0.15, 0.2) is 6.10 Å². The predicted molar refractivity (Wildman–Crippen MR) is 66.6 cm³/mol. The second-order valence-corrected chi connectivity index (χ2v) is 4.03. The molecule has 3 N–H and O–H groups in total. The van der Waals surface area contributed by atoms with E-state index in [0.29, 0.717) is 30.2 Å². The number of para-hydroxylation sites is 1. The number of benzene rings is 1. The Labute approximate surface area is 105 Å². The summed E-state index contributed by atoms with van der Waals surface area (Å²) < 4.78 is 5.45. The number of nitrogens with two attached hydrogens (primary N) is 1. The van der Waals surface area contributed by atoms with Crippen molar-refractivity contribution in [3.05, 3.63) is 28.8 Å². The summed E-state index contributed by atoms with van der Waals surface area (Å²) >= 11 is 6.01. The van der Waals surface area contributed by atoms with Crippen molar-refractivity contribution in [2.45, 2.75) is 25.9 Å². The van der Waals surface area contributed by atoms with Gasteiger partial charge >= 0.3 is 5.97 Å². The lowest BCUT2D eigenvalue weighted by atomic mass is 10.1. The third-order valence-electron chi connectivity index (χ3n) is 2.37. The summed E-state index contributed by atoms with van der Waals surface area (Å²) in [7, 11) is 0. The molecule has 5 heteroatoms. The molecule has 0 saturated heterocycles. The average molecular weight is 258 g/mol. The van der Waals surface area contributed by atoms with E-state index in [-0.39, 0.29) is 0 Å². The highest BCUT2D eigenvalue weighted by Crippen LogP contribution is 2.30. The first-order valence-corrected chi connectivity index (χ1v) is 5.84. The maximum atomic E-state index is 10.9. The van der Waals surface area contributed by atoms with Crippen LogP contribution in [0.25, 0.3) is 0 Å². The van der Waals surface area contributed by atoms with E-state index in [1.807, 2.05) is 6.07 Å². The van der Waals surface area contributed by atoms with E-state index in [4.69, 9.17) is 27.2 Å². The summed E-state index contributed by atoms with van der Waals surface area (Å²) in [6, 6.07) is 5.30. The number of rotatable bonds is 6. The fourth-order valence-corrected chi connectivity index (χ4v) is 1.73. The van der Waals surface area contributed by atoms with E-state index in [1.165, 1.54) is 0 Å². The predicted octanol–water partition coefficient (Wildman–Crippen LogP) is 2.08. The Morgan fingerprint density at radius 2 is 2.29 bits per heavy atom. The normalized spacial score (nSPS) is 12.2. The number of halogens is 1. The van der Waals surface area contributed by atoms with Crippen LogP contribution >= 0.6 is 11.6 Å². The van der Waals surface area contributed by atoms with Crippen LogP contribution in [0, 0.1) is 0 Å². The third-order valence-corrected chi connectivity index (χ3v) is 2.67. The molecule has 0 aliphatic rings. The number of ether oxygens (including phenoxy) is 1. The van der Waals surface area contributed by atoms with E-state index in [9.17, 15) is 4.79 Å². The van der Waals surface area contributed by atoms with Gasteiger partial charge in [0, 0.05) is 0 Å². The molecule has 0 aliphatic heterocycles. The number of hydrogen-bond acceptors (Lipinski definition) is 3. The van der Waals surface area contributed by atoms with E-state index in [0.717, 1.165) is 5.56 Å². The lowest BCUT2D eigenvalue weighted by Crippen LogP contribution is -2.26. The lowest BCUT2D eigenvalue weighted by Gasteiger charge is -2.17. The molecule has 1 atom stereocenters. The zero-order valence-corrected chi connectivity index (χ0v) is 10.4. The zero-order chi connectivity index (χ0) is 12.8. The number of carboxylic acids is 1. The Morgan fingerprint density at radius 3 is 2.82 bits per heavy atom. The van der Waals surface area contributed by atoms with Crippen molar-refractivity contribution in [3.8, 4) is 5.75 Å². The van der Waals surface area contributed by atoms with Crippen LogP contribution in [-0.2, 0) is 11.2 Å². The molecule has 0 fully saturated rings. The zero-order valence-electron chi connectivity index (χ0n) is 9.65. The SMILES string of the molecule is CCC(Oc1c(Cl)cccc1CCN)C(=O)O. The fourth-order valence-electron chi connectivity index (χ4n) is 1.49. The van der Waals surface area contributed by atoms with Crippen LogP contribution in [0.5, 0.6) is 5.75 Å². The molecule has 1 aromatic rings. The summed E-state index contributed by atoms with van der Waals surface area (Å²) in [5.41, 5.74) is 6.32. The minimum atomic E-state index is -0.994. The van der Waals surface area contributed by atoms with Crippen LogP contribution in [0.3, 0.4) is 0 Å². The van der Waals surface area contributed by atoms with Crippen molar-refractivity contribution in [2.75, 3.05) is 6.54 Å². The maximum absolute atomic E-state index is 10.9. The first-order valence-electron chi connectivity index (χ1n) is 5.47. The molecule has 1 aromatic carbocycles. The maximum Gasteiger partial charge on any atom is 0.344 e. The van der Waals surface area contributed by atoms with Crippen LogP contribution in [0.4, 0.5) is 0 Å². The van der Waals surface area contributed by atoms with Gasteiger partial charge in [0.05, 0.1) is 5.02 Å². The summed E-state index contributed by atoms with van der Waals surface area (Å²) in [5.74, 6) is -0.569. The Morgan fingerprint density at radius 1 is 1.59 bits per heavy atom. The van der Waals surface area contributed by atoms with Gasteiger partial charge in [0.1, 0.15) is 5.75 Å². The number of hydrogen-bond donors (Lipinski definition) is 2. The van der Waals surface area contributed by atoms with Crippen molar-refractivity contribution in [3.63, 3.8) is 0 Å². The molecule has 0 saturated carbocycles. The van der Waals surface area contributed by atoms with Gasteiger partial charge in [-0.3, -0.25) is 0 Å². The minimum absolute atomic E-state index is 0.378. The first kappa shape index (κ1) is 13.8. The van der Waals surface area contributed by atoms with Gasteiger partial charge in [-0.15, -0.1) is 0 Å². The minimum Gasteiger partial charge on any atom is -0.479 e. The molecule has 0 heterocycles. The van der Waals surface area contributed by atoms with Gasteiger partial charge in [-0.05, 0) is 31.0 Å². The van der Waals surface area contributed by atoms with Gasteiger partial charge in [0.2, 0.25) is 0 Å². The molecule has 0 spiro atoms. The molecule has 0 aromatic heterocycles. The Balaban J connectivity index is 2.98. The molecule has 1 unspecified atom stereocenters. The topological polar surface area (TPSA) is 72.5 Å². The van der Waals surface area contributed by atoms with Crippen LogP contribution in [0.15, 0.2) is 18.2 Å². The van der Waals surface area contributed by atoms with Gasteiger partial charge < -0.3 is 15.6 Å². The quantitative estimate of drug-likeness (QED) is 0.818. The molecule has 1 rings (SSSR count). The monoisotopic (exact) mass is 257 g/mol. The highest BCUT2D eigenvalue weighted by atomic mass is 35.5. The lowest BCUT2D eigenvalue weighted by molar-refractivity contribution is -0.145. The van der Waals surface area contributed by atoms with Crippen molar-refractivity contribution < 1.29 is 14.6 Å². The van der Waals surface area contributed by atoms with Crippen molar-refractivity contribution in [2.24, 2.45) is 5.73 Å². The van der Waals surface area contributed by atoms with Gasteiger partial charge in [-0.1, -0.05) is 30.7 Å². The summed E-state index contributed by atoms with van der Waals surface area (Å²) in [6.45, 7) is 2.21. The second-order valence-electron chi connectivity index (χ2n) is 3.62. The summed E-state index contributed by atoms with van der Waals surface area (Å²) in [5, 5.41) is 9.37. The second kappa shape index (κ2) is 6.47. The van der Waals surface area contributed by atoms with E-state index in [1.54, 1.807) is 19.1 Å². The van der Waals surface area contributed by atoms with Crippen LogP contribution < -0.4 is 10.5 Å².